The number of methoxy groups -OCH3 is 1. The Hall–Kier alpha value is -7.84. The van der Waals surface area contributed by atoms with Gasteiger partial charge in [-0.1, -0.05) is 133 Å². The number of likely N-dealkylation sites (N-methyl/N-ethyl adjacent to an activating group) is 3. The molecule has 5 aromatic carbocycles. The van der Waals surface area contributed by atoms with E-state index in [0.717, 1.165) is 46.4 Å². The summed E-state index contributed by atoms with van der Waals surface area (Å²) in [5.41, 5.74) is 6.01. The van der Waals surface area contributed by atoms with E-state index in [0.29, 0.717) is 24.3 Å². The van der Waals surface area contributed by atoms with Gasteiger partial charge in [-0.15, -0.1) is 0 Å². The van der Waals surface area contributed by atoms with Crippen LogP contribution in [0.3, 0.4) is 0 Å². The Morgan fingerprint density at radius 2 is 0.919 bits per heavy atom. The van der Waals surface area contributed by atoms with Gasteiger partial charge in [-0.25, -0.2) is 0 Å². The van der Waals surface area contributed by atoms with Gasteiger partial charge in [-0.05, 0) is 76.6 Å². The van der Waals surface area contributed by atoms with Crippen molar-refractivity contribution in [2.45, 2.75) is 89.5 Å². The molecule has 1 aromatic heterocycles. The van der Waals surface area contributed by atoms with Crippen LogP contribution in [0.2, 0.25) is 5.02 Å². The predicted molar refractivity (Wildman–Crippen MR) is 284 cm³/mol. The van der Waals surface area contributed by atoms with Gasteiger partial charge in [-0.2, -0.15) is 0 Å². The highest BCUT2D eigenvalue weighted by atomic mass is 35.5. The van der Waals surface area contributed by atoms with Crippen LogP contribution in [0, 0.1) is 0 Å². The van der Waals surface area contributed by atoms with Crippen molar-refractivity contribution in [3.05, 3.63) is 202 Å². The number of hydrogen-bond acceptors (Lipinski definition) is 8. The Morgan fingerprint density at radius 3 is 1.39 bits per heavy atom. The zero-order valence-corrected chi connectivity index (χ0v) is 43.7. The van der Waals surface area contributed by atoms with Crippen LogP contribution in [0.15, 0.2) is 164 Å². The highest BCUT2D eigenvalue weighted by molar-refractivity contribution is 6.30. The fraction of sp³-hybridized carbons (Fsp3) is 0.305. The van der Waals surface area contributed by atoms with Gasteiger partial charge < -0.3 is 34.1 Å². The second-order valence-electron chi connectivity index (χ2n) is 18.7. The Bertz CT molecular complexity index is 2860. The van der Waals surface area contributed by atoms with Crippen LogP contribution in [-0.2, 0) is 54.5 Å². The molecule has 3 fully saturated rings. The van der Waals surface area contributed by atoms with Gasteiger partial charge in [-0.3, -0.25) is 33.8 Å². The number of rotatable bonds is 12. The summed E-state index contributed by atoms with van der Waals surface area (Å²) in [5, 5.41) is 0.618. The van der Waals surface area contributed by atoms with E-state index in [9.17, 15) is 28.8 Å². The highest BCUT2D eigenvalue weighted by Crippen LogP contribution is 2.37. The zero-order chi connectivity index (χ0) is 53.1. The average Bonchev–Trinajstić information content (AvgIpc) is 3.92. The lowest BCUT2D eigenvalue weighted by Gasteiger charge is -2.29. The van der Waals surface area contributed by atoms with Crippen molar-refractivity contribution in [3.8, 4) is 5.75 Å². The Balaban J connectivity index is 0.000000162. The minimum atomic E-state index is -0.530. The molecule has 6 amide bonds. The highest BCUT2D eigenvalue weighted by Gasteiger charge is 2.48. The van der Waals surface area contributed by atoms with Crippen LogP contribution >= 0.6 is 11.6 Å². The van der Waals surface area contributed by atoms with Crippen LogP contribution in [0.1, 0.15) is 72.9 Å². The normalized spacial score (nSPS) is 20.2. The predicted octanol–water partition coefficient (Wildman–Crippen LogP) is 8.17. The smallest absolute Gasteiger partial charge is 0.247 e. The number of aromatic nitrogens is 1. The zero-order valence-electron chi connectivity index (χ0n) is 43.0. The molecule has 3 saturated heterocycles. The van der Waals surface area contributed by atoms with Crippen LogP contribution in [0.5, 0.6) is 5.75 Å². The average molecular weight is 1020 g/mol. The molecular weight excluding hydrogens is 954 g/mol. The molecule has 0 aliphatic carbocycles. The van der Waals surface area contributed by atoms with Gasteiger partial charge in [0.15, 0.2) is 0 Å². The number of benzene rings is 5. The number of carbonyl (C=O) groups is 6. The Labute approximate surface area is 439 Å². The first-order valence-electron chi connectivity index (χ1n) is 24.7. The minimum absolute atomic E-state index is 0.0251. The first-order chi connectivity index (χ1) is 35.6. The fourth-order valence-electron chi connectivity index (χ4n) is 10.2. The molecule has 6 unspecified atom stereocenters. The van der Waals surface area contributed by atoms with Crippen molar-refractivity contribution < 1.29 is 33.5 Å². The third kappa shape index (κ3) is 12.5. The van der Waals surface area contributed by atoms with Crippen molar-refractivity contribution in [2.24, 2.45) is 0 Å². The molecule has 9 rings (SSSR count). The molecular formula is C59H64ClN7O7. The van der Waals surface area contributed by atoms with Gasteiger partial charge in [0.05, 0.1) is 7.11 Å². The third-order valence-corrected chi connectivity index (χ3v) is 14.1. The molecule has 6 atom stereocenters. The van der Waals surface area contributed by atoms with Crippen molar-refractivity contribution in [1.29, 1.82) is 0 Å². The summed E-state index contributed by atoms with van der Waals surface area (Å²) in [4.78, 5) is 89.5. The first-order valence-corrected chi connectivity index (χ1v) is 25.0. The van der Waals surface area contributed by atoms with Gasteiger partial charge in [0.25, 0.3) is 0 Å². The van der Waals surface area contributed by atoms with E-state index in [1.54, 1.807) is 89.1 Å². The lowest BCUT2D eigenvalue weighted by atomic mass is 10.0. The number of hydrogen-bond donors (Lipinski definition) is 0. The summed E-state index contributed by atoms with van der Waals surface area (Å²) >= 11 is 5.95. The third-order valence-electron chi connectivity index (χ3n) is 13.8. The standard InChI is InChI=1S/C21H24N2O2.C20H22N2O3.C18H18ClN3O2/c1-16(24)23-19(15-18-11-7-4-8-12-18)21(25)22(2)20(23)14-13-17-9-5-3-6-10-17;1-14(23)22-18(13-15-9-11-17(25-3)12-10-15)20(24)21(2)19(22)16-7-5-4-6-8-16;1-12(23)22-16(10-13-4-3-9-20-11-13)18(24)21(2)17(22)14-5-7-15(19)8-6-14/h3-12,19-20H,13-15H2,1-2H3;4-12,18-19H,13H2,1-3H3;3-9,11,16-17H,10H2,1-2H3. The van der Waals surface area contributed by atoms with Crippen LogP contribution in [-0.4, -0.2) is 122 Å². The van der Waals surface area contributed by atoms with Crippen molar-refractivity contribution in [2.75, 3.05) is 28.3 Å². The molecule has 0 spiro atoms. The first kappa shape index (κ1) is 53.9. The van der Waals surface area contributed by atoms with Crippen molar-refractivity contribution in [1.82, 2.24) is 34.4 Å². The maximum Gasteiger partial charge on any atom is 0.247 e. The molecule has 6 aromatic rings. The van der Waals surface area contributed by atoms with E-state index in [-0.39, 0.29) is 47.8 Å². The van der Waals surface area contributed by atoms with Crippen molar-refractivity contribution in [3.63, 3.8) is 0 Å². The number of halogens is 1. The molecule has 0 N–H and O–H groups in total. The number of carbonyl (C=O) groups excluding carboxylic acids is 6. The number of aryl methyl sites for hydroxylation is 1. The molecule has 4 heterocycles. The molecule has 74 heavy (non-hydrogen) atoms. The lowest BCUT2D eigenvalue weighted by molar-refractivity contribution is -0.134. The molecule has 0 bridgehead atoms. The molecule has 384 valence electrons. The largest absolute Gasteiger partial charge is 0.497 e. The molecule has 14 nitrogen and oxygen atoms in total. The number of nitrogens with zero attached hydrogens (tertiary/aromatic N) is 7. The van der Waals surface area contributed by atoms with Crippen LogP contribution in [0.25, 0.3) is 0 Å². The summed E-state index contributed by atoms with van der Waals surface area (Å²) in [6.45, 7) is 4.56. The van der Waals surface area contributed by atoms with Gasteiger partial charge in [0.1, 0.15) is 42.4 Å². The summed E-state index contributed by atoms with van der Waals surface area (Å²) in [6, 6.07) is 46.8. The summed E-state index contributed by atoms with van der Waals surface area (Å²) < 4.78 is 5.17. The van der Waals surface area contributed by atoms with E-state index >= 15 is 0 Å². The van der Waals surface area contributed by atoms with E-state index < -0.39 is 24.3 Å². The van der Waals surface area contributed by atoms with E-state index in [1.165, 1.54) is 19.4 Å². The molecule has 0 saturated carbocycles. The van der Waals surface area contributed by atoms with Gasteiger partial charge >= 0.3 is 0 Å². The minimum Gasteiger partial charge on any atom is -0.497 e. The summed E-state index contributed by atoms with van der Waals surface area (Å²) in [5.74, 6) is 0.387. The maximum atomic E-state index is 12.8. The monoisotopic (exact) mass is 1020 g/mol. The van der Waals surface area contributed by atoms with Gasteiger partial charge in [0.2, 0.25) is 35.4 Å². The van der Waals surface area contributed by atoms with E-state index in [4.69, 9.17) is 16.3 Å². The maximum absolute atomic E-state index is 12.8. The lowest BCUT2D eigenvalue weighted by Crippen LogP contribution is -2.43. The number of amides is 6. The molecule has 0 radical (unpaired) electrons. The van der Waals surface area contributed by atoms with Crippen molar-refractivity contribution >= 4 is 47.0 Å². The quantitative estimate of drug-likeness (QED) is 0.120. The molecule has 15 heteroatoms. The Morgan fingerprint density at radius 1 is 0.500 bits per heavy atom. The van der Waals surface area contributed by atoms with E-state index in [1.807, 2.05) is 127 Å². The van der Waals surface area contributed by atoms with Crippen LogP contribution < -0.4 is 4.74 Å². The van der Waals surface area contributed by atoms with Gasteiger partial charge in [0, 0.05) is 78.6 Å². The molecule has 3 aliphatic rings. The van der Waals surface area contributed by atoms with E-state index in [2.05, 4.69) is 17.1 Å². The second-order valence-corrected chi connectivity index (χ2v) is 19.1. The molecule has 3 aliphatic heterocycles. The fourth-order valence-corrected chi connectivity index (χ4v) is 10.3. The number of pyridine rings is 1. The summed E-state index contributed by atoms with van der Waals surface area (Å²) in [6.07, 6.45) is 5.51. The number of ether oxygens (including phenoxy) is 1. The Kier molecular flexibility index (Phi) is 18.0. The van der Waals surface area contributed by atoms with Crippen LogP contribution in [0.4, 0.5) is 0 Å². The summed E-state index contributed by atoms with van der Waals surface area (Å²) in [7, 11) is 6.90. The topological polar surface area (TPSA) is 144 Å². The second kappa shape index (κ2) is 24.7. The SMILES string of the molecule is CC(=O)N1C(Cc2ccccc2)C(=O)N(C)C1CCc1ccccc1.CC(=O)N1C(Cc2cccnc2)C(=O)N(C)C1c1ccc(Cl)cc1.COc1ccc(CC2C(=O)N(C)C(c3ccccc3)N2C(C)=O)cc1.